The van der Waals surface area contributed by atoms with E-state index in [0.29, 0.717) is 10.8 Å². The first-order valence-corrected chi connectivity index (χ1v) is 12.2. The molecule has 0 aliphatic heterocycles. The Balaban J connectivity index is 1.32. The molecule has 1 aromatic carbocycles. The number of hydrogen-bond acceptors (Lipinski definition) is 2. The molecule has 7 atom stereocenters. The molecule has 3 fully saturated rings. The Morgan fingerprint density at radius 2 is 1.87 bits per heavy atom. The van der Waals surface area contributed by atoms with Gasteiger partial charge in [0.1, 0.15) is 0 Å². The van der Waals surface area contributed by atoms with Crippen LogP contribution in [0.1, 0.15) is 70.8 Å². The standard InChI is InChI=1S/C28H35NO/c1-27-12-9-22(30)16-21(27)5-6-23-25-8-7-24(28(25,2)13-10-26(23)27)19-4-3-18-11-14-29-17-20(18)15-19/h3-4,7,11,14-15,17,21-23,25-26,30H,5-6,8-10,12-13,16H2,1-2H3/t21-,22-,23-,25-,26-,27-,28+/m0/s1. The second-order valence-electron chi connectivity index (χ2n) is 11.3. The number of rotatable bonds is 1. The number of hydrogen-bond donors (Lipinski definition) is 1. The van der Waals surface area contributed by atoms with Gasteiger partial charge in [0.15, 0.2) is 0 Å². The van der Waals surface area contributed by atoms with E-state index in [1.54, 1.807) is 5.57 Å². The molecule has 0 bridgehead atoms. The lowest BCUT2D eigenvalue weighted by Gasteiger charge is -2.60. The number of pyridine rings is 1. The van der Waals surface area contributed by atoms with Crippen molar-refractivity contribution in [2.24, 2.45) is 34.5 Å². The molecule has 3 saturated carbocycles. The maximum absolute atomic E-state index is 10.3. The largest absolute Gasteiger partial charge is 0.393 e. The third-order valence-corrected chi connectivity index (χ3v) is 10.2. The highest BCUT2D eigenvalue weighted by molar-refractivity contribution is 5.86. The first-order valence-electron chi connectivity index (χ1n) is 12.2. The molecule has 0 saturated heterocycles. The van der Waals surface area contributed by atoms with Gasteiger partial charge in [0, 0.05) is 17.8 Å². The molecular formula is C28H35NO. The van der Waals surface area contributed by atoms with E-state index in [4.69, 9.17) is 0 Å². The summed E-state index contributed by atoms with van der Waals surface area (Å²) >= 11 is 0. The van der Waals surface area contributed by atoms with Crippen LogP contribution in [0.4, 0.5) is 0 Å². The first kappa shape index (κ1) is 19.0. The summed E-state index contributed by atoms with van der Waals surface area (Å²) in [5.41, 5.74) is 3.79. The molecule has 2 aromatic rings. The second-order valence-corrected chi connectivity index (χ2v) is 11.3. The Labute approximate surface area is 180 Å². The van der Waals surface area contributed by atoms with Crippen LogP contribution in [0.5, 0.6) is 0 Å². The molecule has 0 unspecified atom stereocenters. The molecule has 0 amide bonds. The summed E-state index contributed by atoms with van der Waals surface area (Å²) in [6, 6.07) is 9.09. The maximum Gasteiger partial charge on any atom is 0.0543 e. The molecule has 6 rings (SSSR count). The zero-order valence-electron chi connectivity index (χ0n) is 18.5. The van der Waals surface area contributed by atoms with Gasteiger partial charge in [-0.1, -0.05) is 32.1 Å². The molecule has 1 heterocycles. The quantitative estimate of drug-likeness (QED) is 0.581. The van der Waals surface area contributed by atoms with E-state index >= 15 is 0 Å². The summed E-state index contributed by atoms with van der Waals surface area (Å²) in [6.45, 7) is 5.15. The van der Waals surface area contributed by atoms with E-state index < -0.39 is 0 Å². The van der Waals surface area contributed by atoms with Crippen molar-refractivity contribution in [2.75, 3.05) is 0 Å². The van der Waals surface area contributed by atoms with Crippen molar-refractivity contribution in [2.45, 2.75) is 71.3 Å². The summed E-state index contributed by atoms with van der Waals surface area (Å²) in [5.74, 6) is 3.25. The van der Waals surface area contributed by atoms with Gasteiger partial charge in [-0.2, -0.15) is 0 Å². The zero-order chi connectivity index (χ0) is 20.5. The van der Waals surface area contributed by atoms with Gasteiger partial charge >= 0.3 is 0 Å². The van der Waals surface area contributed by atoms with E-state index in [-0.39, 0.29) is 6.10 Å². The van der Waals surface area contributed by atoms with Crippen LogP contribution in [0.15, 0.2) is 42.7 Å². The average molecular weight is 402 g/mol. The van der Waals surface area contributed by atoms with Crippen molar-refractivity contribution in [3.05, 3.63) is 48.3 Å². The SMILES string of the molecule is C[C@]12CC[C@H](O)C[C@@H]1CC[C@@H]1[C@@H]2CC[C@]2(C)C(c3ccc4ccncc4c3)=CC[C@@H]12. The first-order chi connectivity index (χ1) is 14.5. The predicted octanol–water partition coefficient (Wildman–Crippen LogP) is 6.63. The van der Waals surface area contributed by atoms with Crippen LogP contribution < -0.4 is 0 Å². The molecule has 4 aliphatic carbocycles. The van der Waals surface area contributed by atoms with Crippen LogP contribution in [0.3, 0.4) is 0 Å². The number of aliphatic hydroxyl groups excluding tert-OH is 1. The minimum absolute atomic E-state index is 0.0457. The Bertz CT molecular complexity index is 1010. The highest BCUT2D eigenvalue weighted by Gasteiger charge is 2.58. The third-order valence-electron chi connectivity index (χ3n) is 10.2. The predicted molar refractivity (Wildman–Crippen MR) is 123 cm³/mol. The summed E-state index contributed by atoms with van der Waals surface area (Å²) in [6.07, 6.45) is 16.4. The number of fused-ring (bicyclic) bond motifs is 6. The van der Waals surface area contributed by atoms with Crippen molar-refractivity contribution in [1.82, 2.24) is 4.98 Å². The van der Waals surface area contributed by atoms with E-state index in [1.165, 1.54) is 54.9 Å². The average Bonchev–Trinajstić information content (AvgIpc) is 3.11. The second kappa shape index (κ2) is 6.66. The Hall–Kier alpha value is -1.67. The molecule has 0 radical (unpaired) electrons. The molecule has 30 heavy (non-hydrogen) atoms. The lowest BCUT2D eigenvalue weighted by molar-refractivity contribution is -0.115. The van der Waals surface area contributed by atoms with E-state index in [9.17, 15) is 5.11 Å². The van der Waals surface area contributed by atoms with Crippen molar-refractivity contribution in [1.29, 1.82) is 0 Å². The molecule has 1 aromatic heterocycles. The molecule has 4 aliphatic rings. The Kier molecular flexibility index (Phi) is 4.23. The summed E-state index contributed by atoms with van der Waals surface area (Å²) in [4.78, 5) is 4.35. The number of benzene rings is 1. The van der Waals surface area contributed by atoms with Crippen LogP contribution in [-0.2, 0) is 0 Å². The van der Waals surface area contributed by atoms with Crippen LogP contribution in [-0.4, -0.2) is 16.2 Å². The summed E-state index contributed by atoms with van der Waals surface area (Å²) in [5, 5.41) is 12.8. The van der Waals surface area contributed by atoms with Crippen LogP contribution in [0, 0.1) is 34.5 Å². The van der Waals surface area contributed by atoms with Crippen LogP contribution >= 0.6 is 0 Å². The van der Waals surface area contributed by atoms with Gasteiger partial charge in [-0.25, -0.2) is 0 Å². The van der Waals surface area contributed by atoms with Crippen LogP contribution in [0.2, 0.25) is 0 Å². The third kappa shape index (κ3) is 2.62. The minimum Gasteiger partial charge on any atom is -0.393 e. The molecular weight excluding hydrogens is 366 g/mol. The number of nitrogens with zero attached hydrogens (tertiary/aromatic N) is 1. The minimum atomic E-state index is -0.0457. The highest BCUT2D eigenvalue weighted by Crippen LogP contribution is 2.67. The van der Waals surface area contributed by atoms with Gasteiger partial charge in [-0.05, 0) is 115 Å². The normalized spacial score (nSPS) is 42.9. The van der Waals surface area contributed by atoms with Crippen LogP contribution in [0.25, 0.3) is 16.3 Å². The summed E-state index contributed by atoms with van der Waals surface area (Å²) < 4.78 is 0. The lowest BCUT2D eigenvalue weighted by atomic mass is 9.44. The van der Waals surface area contributed by atoms with Crippen molar-refractivity contribution in [3.63, 3.8) is 0 Å². The fourth-order valence-electron chi connectivity index (χ4n) is 8.50. The van der Waals surface area contributed by atoms with Gasteiger partial charge in [0.2, 0.25) is 0 Å². The van der Waals surface area contributed by atoms with Gasteiger partial charge in [-0.15, -0.1) is 0 Å². The monoisotopic (exact) mass is 401 g/mol. The van der Waals surface area contributed by atoms with Crippen molar-refractivity contribution in [3.8, 4) is 0 Å². The van der Waals surface area contributed by atoms with E-state index in [2.05, 4.69) is 49.2 Å². The van der Waals surface area contributed by atoms with Gasteiger partial charge in [0.05, 0.1) is 6.10 Å². The fourth-order valence-corrected chi connectivity index (χ4v) is 8.50. The number of allylic oxidation sites excluding steroid dienone is 2. The molecule has 158 valence electrons. The number of aromatic nitrogens is 1. The molecule has 0 spiro atoms. The van der Waals surface area contributed by atoms with Gasteiger partial charge in [0.25, 0.3) is 0 Å². The van der Waals surface area contributed by atoms with Crippen molar-refractivity contribution < 1.29 is 5.11 Å². The maximum atomic E-state index is 10.3. The van der Waals surface area contributed by atoms with Gasteiger partial charge < -0.3 is 5.11 Å². The lowest BCUT2D eigenvalue weighted by Crippen LogP contribution is -2.53. The smallest absolute Gasteiger partial charge is 0.0543 e. The van der Waals surface area contributed by atoms with Crippen molar-refractivity contribution >= 4 is 16.3 Å². The molecule has 2 nitrogen and oxygen atoms in total. The zero-order valence-corrected chi connectivity index (χ0v) is 18.5. The summed E-state index contributed by atoms with van der Waals surface area (Å²) in [7, 11) is 0. The van der Waals surface area contributed by atoms with E-state index in [1.807, 2.05) is 12.4 Å². The highest BCUT2D eigenvalue weighted by atomic mass is 16.3. The topological polar surface area (TPSA) is 33.1 Å². The van der Waals surface area contributed by atoms with Gasteiger partial charge in [-0.3, -0.25) is 4.98 Å². The Morgan fingerprint density at radius 3 is 2.77 bits per heavy atom. The molecule has 2 heteroatoms. The fraction of sp³-hybridized carbons (Fsp3) is 0.607. The number of aliphatic hydroxyl groups is 1. The Morgan fingerprint density at radius 1 is 0.967 bits per heavy atom. The van der Waals surface area contributed by atoms with E-state index in [0.717, 1.165) is 36.5 Å². The molecule has 1 N–H and O–H groups in total.